The molecule has 0 bridgehead atoms. The van der Waals surface area contributed by atoms with Crippen LogP contribution in [0.3, 0.4) is 0 Å². The Labute approximate surface area is 216 Å². The molecule has 0 unspecified atom stereocenters. The van der Waals surface area contributed by atoms with E-state index in [0.717, 1.165) is 44.8 Å². The van der Waals surface area contributed by atoms with Crippen LogP contribution in [0.5, 0.6) is 0 Å². The molecule has 1 aliphatic heterocycles. The summed E-state index contributed by atoms with van der Waals surface area (Å²) in [5.41, 5.74) is 1.49. The van der Waals surface area contributed by atoms with Crippen LogP contribution in [0.1, 0.15) is 52.9 Å². The Morgan fingerprint density at radius 2 is 1.92 bits per heavy atom. The van der Waals surface area contributed by atoms with E-state index in [9.17, 15) is 9.59 Å². The topological polar surface area (TPSA) is 53.5 Å². The first kappa shape index (κ1) is 24.1. The molecular formula is C31H41N3O2. The van der Waals surface area contributed by atoms with Crippen molar-refractivity contribution in [2.45, 2.75) is 52.9 Å². The maximum absolute atomic E-state index is 13.9. The Morgan fingerprint density at radius 3 is 2.67 bits per heavy atom. The average Bonchev–Trinajstić information content (AvgIpc) is 3.15. The maximum atomic E-state index is 13.9. The molecule has 1 saturated heterocycles. The first-order chi connectivity index (χ1) is 17.3. The number of allylic oxidation sites excluding steroid dienone is 4. The van der Waals surface area contributed by atoms with Gasteiger partial charge in [0.15, 0.2) is 11.6 Å². The normalized spacial score (nSPS) is 40.3. The highest BCUT2D eigenvalue weighted by molar-refractivity contribution is 6.01. The van der Waals surface area contributed by atoms with E-state index >= 15 is 0 Å². The highest BCUT2D eigenvalue weighted by Gasteiger charge is 2.61. The zero-order valence-corrected chi connectivity index (χ0v) is 22.2. The zero-order chi connectivity index (χ0) is 25.1. The van der Waals surface area contributed by atoms with Crippen molar-refractivity contribution in [3.63, 3.8) is 0 Å². The fourth-order valence-electron chi connectivity index (χ4n) is 9.24. The van der Waals surface area contributed by atoms with E-state index in [-0.39, 0.29) is 22.5 Å². The molecular weight excluding hydrogens is 446 g/mol. The SMILES string of the molecule is C[C@@H]1C[C@H]2[C@@H]3CCC4=CC(=O)C=C[C@]4(C)[C@H]3CC[C@]2(C)[C@H]1C(=O)CN1CCN(c2ccccn2)CC1. The van der Waals surface area contributed by atoms with Gasteiger partial charge in [0.2, 0.25) is 0 Å². The number of hydrogen-bond acceptors (Lipinski definition) is 5. The van der Waals surface area contributed by atoms with E-state index in [1.807, 2.05) is 24.4 Å². The van der Waals surface area contributed by atoms with Gasteiger partial charge in [-0.1, -0.05) is 38.5 Å². The number of carbonyl (C=O) groups is 2. The van der Waals surface area contributed by atoms with Crippen molar-refractivity contribution in [3.8, 4) is 0 Å². The minimum atomic E-state index is 0.0246. The molecule has 5 heteroatoms. The minimum Gasteiger partial charge on any atom is -0.354 e. The summed E-state index contributed by atoms with van der Waals surface area (Å²) in [7, 11) is 0. The van der Waals surface area contributed by atoms with E-state index in [2.05, 4.69) is 47.7 Å². The van der Waals surface area contributed by atoms with Crippen LogP contribution in [0.25, 0.3) is 0 Å². The fourth-order valence-corrected chi connectivity index (χ4v) is 9.24. The van der Waals surface area contributed by atoms with Gasteiger partial charge >= 0.3 is 0 Å². The van der Waals surface area contributed by atoms with Gasteiger partial charge in [0.1, 0.15) is 5.82 Å². The van der Waals surface area contributed by atoms with Crippen molar-refractivity contribution in [3.05, 3.63) is 48.2 Å². The van der Waals surface area contributed by atoms with Crippen LogP contribution >= 0.6 is 0 Å². The highest BCUT2D eigenvalue weighted by atomic mass is 16.1. The number of rotatable bonds is 4. The predicted molar refractivity (Wildman–Crippen MR) is 143 cm³/mol. The molecule has 192 valence electrons. The first-order valence-electron chi connectivity index (χ1n) is 14.1. The lowest BCUT2D eigenvalue weighted by Crippen LogP contribution is -2.52. The van der Waals surface area contributed by atoms with Crippen molar-refractivity contribution < 1.29 is 9.59 Å². The number of Topliss-reactive ketones (excluding diaryl/α,β-unsaturated/α-hetero) is 1. The smallest absolute Gasteiger partial charge is 0.178 e. The molecule has 0 spiro atoms. The number of nitrogens with zero attached hydrogens (tertiary/aromatic N) is 3. The Morgan fingerprint density at radius 1 is 1.11 bits per heavy atom. The molecule has 4 aliphatic carbocycles. The van der Waals surface area contributed by atoms with Gasteiger partial charge in [0.25, 0.3) is 0 Å². The molecule has 5 nitrogen and oxygen atoms in total. The lowest BCUT2D eigenvalue weighted by molar-refractivity contribution is -0.132. The van der Waals surface area contributed by atoms with Crippen LogP contribution in [-0.2, 0) is 9.59 Å². The molecule has 1 aromatic heterocycles. The van der Waals surface area contributed by atoms with Crippen LogP contribution in [0.4, 0.5) is 5.82 Å². The van der Waals surface area contributed by atoms with Gasteiger partial charge in [-0.15, -0.1) is 0 Å². The average molecular weight is 488 g/mol. The fraction of sp³-hybridized carbons (Fsp3) is 0.645. The number of fused-ring (bicyclic) bond motifs is 5. The summed E-state index contributed by atoms with van der Waals surface area (Å²) in [6, 6.07) is 6.07. The van der Waals surface area contributed by atoms with Crippen LogP contribution < -0.4 is 4.90 Å². The van der Waals surface area contributed by atoms with Crippen molar-refractivity contribution >= 4 is 17.4 Å². The molecule has 3 saturated carbocycles. The summed E-state index contributed by atoms with van der Waals surface area (Å²) >= 11 is 0. The highest BCUT2D eigenvalue weighted by Crippen LogP contribution is 2.67. The third-order valence-electron chi connectivity index (χ3n) is 11.0. The molecule has 36 heavy (non-hydrogen) atoms. The minimum absolute atomic E-state index is 0.0246. The number of aromatic nitrogens is 1. The Bertz CT molecular complexity index is 1090. The van der Waals surface area contributed by atoms with E-state index in [4.69, 9.17) is 0 Å². The second kappa shape index (κ2) is 8.93. The second-order valence-corrected chi connectivity index (χ2v) is 12.8. The quantitative estimate of drug-likeness (QED) is 0.602. The van der Waals surface area contributed by atoms with Crippen LogP contribution in [0.2, 0.25) is 0 Å². The van der Waals surface area contributed by atoms with Crippen molar-refractivity contribution in [2.24, 2.45) is 40.4 Å². The van der Waals surface area contributed by atoms with E-state index < -0.39 is 0 Å². The summed E-state index contributed by atoms with van der Waals surface area (Å²) in [5.74, 6) is 4.17. The summed E-state index contributed by atoms with van der Waals surface area (Å²) in [5, 5.41) is 0. The Balaban J connectivity index is 1.14. The van der Waals surface area contributed by atoms with Crippen LogP contribution in [0, 0.1) is 40.4 Å². The number of piperazine rings is 1. The summed E-state index contributed by atoms with van der Waals surface area (Å²) < 4.78 is 0. The zero-order valence-electron chi connectivity index (χ0n) is 22.2. The number of hydrogen-bond donors (Lipinski definition) is 0. The Kier molecular flexibility index (Phi) is 5.98. The van der Waals surface area contributed by atoms with Gasteiger partial charge in [-0.25, -0.2) is 4.98 Å². The molecule has 2 heterocycles. The Hall–Kier alpha value is -2.27. The third-order valence-corrected chi connectivity index (χ3v) is 11.0. The molecule has 0 amide bonds. The number of pyridine rings is 1. The summed E-state index contributed by atoms with van der Waals surface area (Å²) in [4.78, 5) is 35.2. The monoisotopic (exact) mass is 487 g/mol. The van der Waals surface area contributed by atoms with Gasteiger partial charge in [-0.2, -0.15) is 0 Å². The summed E-state index contributed by atoms with van der Waals surface area (Å²) in [6.45, 7) is 11.5. The third kappa shape index (κ3) is 3.81. The van der Waals surface area contributed by atoms with E-state index in [1.54, 1.807) is 6.08 Å². The van der Waals surface area contributed by atoms with Gasteiger partial charge in [0, 0.05) is 43.7 Å². The van der Waals surface area contributed by atoms with E-state index in [0.29, 0.717) is 36.0 Å². The van der Waals surface area contributed by atoms with Crippen molar-refractivity contribution in [2.75, 3.05) is 37.6 Å². The molecule has 0 radical (unpaired) electrons. The van der Waals surface area contributed by atoms with Gasteiger partial charge in [-0.3, -0.25) is 14.5 Å². The van der Waals surface area contributed by atoms with Crippen LogP contribution in [-0.4, -0.2) is 54.2 Å². The molecule has 7 atom stereocenters. The number of anilines is 1. The van der Waals surface area contributed by atoms with E-state index in [1.165, 1.54) is 24.8 Å². The predicted octanol–water partition coefficient (Wildman–Crippen LogP) is 4.94. The molecule has 5 aliphatic rings. The van der Waals surface area contributed by atoms with Gasteiger partial charge in [0.05, 0.1) is 6.54 Å². The first-order valence-corrected chi connectivity index (χ1v) is 14.1. The molecule has 0 N–H and O–H groups in total. The lowest BCUT2D eigenvalue weighted by atomic mass is 9.47. The molecule has 6 rings (SSSR count). The van der Waals surface area contributed by atoms with Crippen molar-refractivity contribution in [1.29, 1.82) is 0 Å². The standard InChI is InChI=1S/C31H41N3O2/c1-21-18-26-24-8-7-22-19-23(35)9-11-30(22,2)25(24)10-12-31(26,3)29(21)27(36)20-33-14-16-34(17-15-33)28-6-4-5-13-32-28/h4-6,9,11,13,19,21,24-26,29H,7-8,10,12,14-18,20H2,1-3H3/t21-,24-,25+,26+,29-,30+,31+/m1/s1. The van der Waals surface area contributed by atoms with Crippen LogP contribution in [0.15, 0.2) is 48.2 Å². The maximum Gasteiger partial charge on any atom is 0.178 e. The van der Waals surface area contributed by atoms with Gasteiger partial charge in [-0.05, 0) is 85.5 Å². The lowest BCUT2D eigenvalue weighted by Gasteiger charge is -2.57. The number of ketones is 2. The molecule has 0 aromatic carbocycles. The molecule has 4 fully saturated rings. The second-order valence-electron chi connectivity index (χ2n) is 12.8. The molecule has 1 aromatic rings. The van der Waals surface area contributed by atoms with Gasteiger partial charge < -0.3 is 4.90 Å². The largest absolute Gasteiger partial charge is 0.354 e. The van der Waals surface area contributed by atoms with Crippen molar-refractivity contribution in [1.82, 2.24) is 9.88 Å². The number of carbonyl (C=O) groups excluding carboxylic acids is 2. The summed E-state index contributed by atoms with van der Waals surface area (Å²) in [6.07, 6.45) is 13.5.